The average Bonchev–Trinajstić information content (AvgIpc) is 2.61. The molecule has 0 aliphatic heterocycles. The smallest absolute Gasteiger partial charge is 0.224 e. The predicted octanol–water partition coefficient (Wildman–Crippen LogP) is 2.36. The lowest BCUT2D eigenvalue weighted by atomic mass is 10.2. The SMILES string of the molecule is Nc1nc(N/N=C/c2cccc(O)c2)cc(N/N=C/c2cccc(O)c2)n1. The van der Waals surface area contributed by atoms with E-state index in [1.807, 2.05) is 0 Å². The van der Waals surface area contributed by atoms with Crippen molar-refractivity contribution < 1.29 is 10.2 Å². The fraction of sp³-hybridized carbons (Fsp3) is 0. The van der Waals surface area contributed by atoms with E-state index in [0.29, 0.717) is 11.6 Å². The van der Waals surface area contributed by atoms with Crippen LogP contribution in [0.4, 0.5) is 17.6 Å². The van der Waals surface area contributed by atoms with Gasteiger partial charge in [0.1, 0.15) is 11.5 Å². The highest BCUT2D eigenvalue weighted by Gasteiger charge is 2.01. The van der Waals surface area contributed by atoms with Crippen molar-refractivity contribution in [2.75, 3.05) is 16.6 Å². The number of benzene rings is 2. The second-order valence-electron chi connectivity index (χ2n) is 5.43. The Balaban J connectivity index is 1.65. The van der Waals surface area contributed by atoms with Gasteiger partial charge in [-0.1, -0.05) is 24.3 Å². The molecule has 0 bridgehead atoms. The van der Waals surface area contributed by atoms with Crippen LogP contribution in [-0.4, -0.2) is 32.6 Å². The van der Waals surface area contributed by atoms with Crippen molar-refractivity contribution in [3.8, 4) is 11.5 Å². The molecule has 2 aromatic carbocycles. The first-order valence-corrected chi connectivity index (χ1v) is 7.89. The second kappa shape index (κ2) is 8.30. The van der Waals surface area contributed by atoms with Crippen LogP contribution in [-0.2, 0) is 0 Å². The van der Waals surface area contributed by atoms with Gasteiger partial charge in [0, 0.05) is 6.07 Å². The molecule has 9 heteroatoms. The van der Waals surface area contributed by atoms with Crippen molar-refractivity contribution in [2.45, 2.75) is 0 Å². The summed E-state index contributed by atoms with van der Waals surface area (Å²) in [6, 6.07) is 14.9. The third-order valence-electron chi connectivity index (χ3n) is 3.27. The van der Waals surface area contributed by atoms with Crippen LogP contribution < -0.4 is 16.6 Å². The quantitative estimate of drug-likeness (QED) is 0.334. The van der Waals surface area contributed by atoms with Gasteiger partial charge in [0.15, 0.2) is 11.6 Å². The number of hydrogen-bond donors (Lipinski definition) is 5. The number of anilines is 3. The number of nitrogens with zero attached hydrogens (tertiary/aromatic N) is 4. The molecule has 0 saturated heterocycles. The number of nitrogens with two attached hydrogens (primary N) is 1. The van der Waals surface area contributed by atoms with E-state index in [1.54, 1.807) is 54.6 Å². The molecule has 0 aliphatic rings. The van der Waals surface area contributed by atoms with Crippen LogP contribution in [0.5, 0.6) is 11.5 Å². The maximum Gasteiger partial charge on any atom is 0.224 e. The summed E-state index contributed by atoms with van der Waals surface area (Å²) >= 11 is 0. The lowest BCUT2D eigenvalue weighted by Gasteiger charge is -2.04. The van der Waals surface area contributed by atoms with Gasteiger partial charge in [-0.05, 0) is 35.4 Å². The second-order valence-corrected chi connectivity index (χ2v) is 5.43. The number of hydrazone groups is 2. The highest BCUT2D eigenvalue weighted by molar-refractivity contribution is 5.81. The Labute approximate surface area is 154 Å². The Bertz CT molecular complexity index is 913. The number of aromatic hydroxyl groups is 2. The minimum Gasteiger partial charge on any atom is -0.508 e. The molecule has 0 spiro atoms. The molecular formula is C18H17N7O2. The van der Waals surface area contributed by atoms with Gasteiger partial charge in [-0.2, -0.15) is 20.2 Å². The molecule has 0 fully saturated rings. The molecule has 0 unspecified atom stereocenters. The number of phenols is 2. The summed E-state index contributed by atoms with van der Waals surface area (Å²) in [5, 5.41) is 26.9. The first-order valence-electron chi connectivity index (χ1n) is 7.89. The lowest BCUT2D eigenvalue weighted by molar-refractivity contribution is 0.474. The third-order valence-corrected chi connectivity index (χ3v) is 3.27. The van der Waals surface area contributed by atoms with Crippen molar-refractivity contribution in [1.29, 1.82) is 0 Å². The van der Waals surface area contributed by atoms with E-state index >= 15 is 0 Å². The summed E-state index contributed by atoms with van der Waals surface area (Å²) in [4.78, 5) is 8.06. The monoisotopic (exact) mass is 363 g/mol. The summed E-state index contributed by atoms with van der Waals surface area (Å²) in [6.07, 6.45) is 3.07. The maximum atomic E-state index is 9.43. The number of nitrogens with one attached hydrogen (secondary N) is 2. The molecule has 0 atom stereocenters. The van der Waals surface area contributed by atoms with Gasteiger partial charge in [0.05, 0.1) is 12.4 Å². The minimum atomic E-state index is 0.0441. The van der Waals surface area contributed by atoms with Crippen LogP contribution >= 0.6 is 0 Å². The molecular weight excluding hydrogens is 346 g/mol. The van der Waals surface area contributed by atoms with E-state index in [9.17, 15) is 10.2 Å². The van der Waals surface area contributed by atoms with Crippen molar-refractivity contribution in [2.24, 2.45) is 10.2 Å². The Morgan fingerprint density at radius 1 is 0.778 bits per heavy atom. The van der Waals surface area contributed by atoms with Crippen LogP contribution in [0.15, 0.2) is 64.8 Å². The van der Waals surface area contributed by atoms with Crippen LogP contribution in [0.25, 0.3) is 0 Å². The average molecular weight is 363 g/mol. The molecule has 0 aliphatic carbocycles. The lowest BCUT2D eigenvalue weighted by Crippen LogP contribution is -2.03. The third kappa shape index (κ3) is 5.43. The van der Waals surface area contributed by atoms with Crippen LogP contribution in [0.2, 0.25) is 0 Å². The normalized spacial score (nSPS) is 11.1. The number of hydrogen-bond acceptors (Lipinski definition) is 9. The zero-order chi connectivity index (χ0) is 19.1. The number of phenolic OH excluding ortho intramolecular Hbond substituents is 2. The standard InChI is InChI=1S/C18H17N7O2/c19-18-22-16(24-20-10-12-3-1-5-14(26)7-12)9-17(23-18)25-21-11-13-4-2-6-15(27)8-13/h1-11,26-27H,(H4,19,22,23,24,25)/b20-10+,21-11+. The summed E-state index contributed by atoms with van der Waals surface area (Å²) in [5.74, 6) is 1.09. The Hall–Kier alpha value is -4.14. The zero-order valence-electron chi connectivity index (χ0n) is 14.1. The van der Waals surface area contributed by atoms with Crippen molar-refractivity contribution in [3.05, 3.63) is 65.7 Å². The largest absolute Gasteiger partial charge is 0.508 e. The topological polar surface area (TPSA) is 141 Å². The van der Waals surface area contributed by atoms with E-state index < -0.39 is 0 Å². The van der Waals surface area contributed by atoms with Crippen molar-refractivity contribution in [3.63, 3.8) is 0 Å². The summed E-state index contributed by atoms with van der Waals surface area (Å²) < 4.78 is 0. The maximum absolute atomic E-state index is 9.43. The molecule has 3 rings (SSSR count). The summed E-state index contributed by atoms with van der Waals surface area (Å²) in [5.41, 5.74) is 12.6. The van der Waals surface area contributed by atoms with E-state index in [1.165, 1.54) is 12.4 Å². The summed E-state index contributed by atoms with van der Waals surface area (Å²) in [7, 11) is 0. The molecule has 6 N–H and O–H groups in total. The fourth-order valence-electron chi connectivity index (χ4n) is 2.14. The molecule has 0 amide bonds. The zero-order valence-corrected chi connectivity index (χ0v) is 14.1. The van der Waals surface area contributed by atoms with Crippen LogP contribution in [0.3, 0.4) is 0 Å². The van der Waals surface area contributed by atoms with Gasteiger partial charge < -0.3 is 15.9 Å². The van der Waals surface area contributed by atoms with Gasteiger partial charge in [0.2, 0.25) is 5.95 Å². The van der Waals surface area contributed by atoms with Crippen molar-refractivity contribution >= 4 is 30.0 Å². The van der Waals surface area contributed by atoms with Gasteiger partial charge in [-0.25, -0.2) is 0 Å². The number of aromatic nitrogens is 2. The molecule has 27 heavy (non-hydrogen) atoms. The number of nitrogen functional groups attached to an aromatic ring is 1. The Kier molecular flexibility index (Phi) is 5.43. The number of rotatable bonds is 6. The molecule has 1 aromatic heterocycles. The molecule has 9 nitrogen and oxygen atoms in total. The van der Waals surface area contributed by atoms with E-state index in [4.69, 9.17) is 5.73 Å². The molecule has 3 aromatic rings. The first-order chi connectivity index (χ1) is 13.1. The van der Waals surface area contributed by atoms with Crippen LogP contribution in [0.1, 0.15) is 11.1 Å². The Morgan fingerprint density at radius 3 is 1.70 bits per heavy atom. The van der Waals surface area contributed by atoms with E-state index in [-0.39, 0.29) is 17.4 Å². The minimum absolute atomic E-state index is 0.0441. The molecule has 1 heterocycles. The van der Waals surface area contributed by atoms with E-state index in [2.05, 4.69) is 31.0 Å². The van der Waals surface area contributed by atoms with Gasteiger partial charge in [0.25, 0.3) is 0 Å². The fourth-order valence-corrected chi connectivity index (χ4v) is 2.14. The summed E-state index contributed by atoms with van der Waals surface area (Å²) in [6.45, 7) is 0. The highest BCUT2D eigenvalue weighted by Crippen LogP contribution is 2.14. The highest BCUT2D eigenvalue weighted by atomic mass is 16.3. The van der Waals surface area contributed by atoms with Gasteiger partial charge >= 0.3 is 0 Å². The van der Waals surface area contributed by atoms with Crippen LogP contribution in [0, 0.1) is 0 Å². The van der Waals surface area contributed by atoms with Crippen molar-refractivity contribution in [1.82, 2.24) is 9.97 Å². The Morgan fingerprint density at radius 2 is 1.26 bits per heavy atom. The molecule has 0 saturated carbocycles. The van der Waals surface area contributed by atoms with Gasteiger partial charge in [-0.15, -0.1) is 0 Å². The first kappa shape index (κ1) is 17.7. The molecule has 0 radical (unpaired) electrons. The van der Waals surface area contributed by atoms with Gasteiger partial charge in [-0.3, -0.25) is 10.9 Å². The predicted molar refractivity (Wildman–Crippen MR) is 105 cm³/mol. The van der Waals surface area contributed by atoms with E-state index in [0.717, 1.165) is 11.1 Å². The molecule has 136 valence electrons.